The largest absolute Gasteiger partial charge is 0.409 e. The molecule has 2 aromatic rings. The molecule has 1 aromatic carbocycles. The Hall–Kier alpha value is -2.47. The Kier molecular flexibility index (Phi) is 4.84. The van der Waals surface area contributed by atoms with Gasteiger partial charge in [-0.3, -0.25) is 4.98 Å². The van der Waals surface area contributed by atoms with E-state index in [0.717, 1.165) is 11.3 Å². The van der Waals surface area contributed by atoms with Crippen molar-refractivity contribution >= 4 is 5.84 Å². The van der Waals surface area contributed by atoms with Crippen LogP contribution >= 0.6 is 0 Å². The lowest BCUT2D eigenvalue weighted by molar-refractivity contribution is 0.318. The van der Waals surface area contributed by atoms with Gasteiger partial charge in [0.25, 0.3) is 0 Å². The van der Waals surface area contributed by atoms with Gasteiger partial charge < -0.3 is 16.3 Å². The third-order valence-electron chi connectivity index (χ3n) is 3.19. The molecule has 0 unspecified atom stereocenters. The van der Waals surface area contributed by atoms with E-state index in [9.17, 15) is 4.39 Å². The lowest BCUT2D eigenvalue weighted by atomic mass is 10.1. The van der Waals surface area contributed by atoms with Crippen LogP contribution in [0.2, 0.25) is 0 Å². The first-order chi connectivity index (χ1) is 10.1. The normalized spacial score (nSPS) is 13.1. The van der Waals surface area contributed by atoms with Crippen molar-refractivity contribution in [3.05, 3.63) is 65.2 Å². The molecule has 5 nitrogen and oxygen atoms in total. The highest BCUT2D eigenvalue weighted by Gasteiger charge is 2.11. The molecule has 1 aromatic heterocycles. The van der Waals surface area contributed by atoms with E-state index in [1.807, 2.05) is 25.1 Å². The van der Waals surface area contributed by atoms with Crippen LogP contribution in [0.25, 0.3) is 0 Å². The zero-order chi connectivity index (χ0) is 15.2. The molecule has 0 aliphatic carbocycles. The minimum absolute atomic E-state index is 0.0244. The molecule has 21 heavy (non-hydrogen) atoms. The number of halogens is 1. The number of aromatic nitrogens is 1. The van der Waals surface area contributed by atoms with Crippen LogP contribution in [-0.2, 0) is 6.54 Å². The summed E-state index contributed by atoms with van der Waals surface area (Å²) in [6.07, 6.45) is 1.73. The highest BCUT2D eigenvalue weighted by molar-refractivity contribution is 5.98. The fourth-order valence-electron chi connectivity index (χ4n) is 1.99. The second-order valence-corrected chi connectivity index (χ2v) is 4.64. The highest BCUT2D eigenvalue weighted by Crippen LogP contribution is 2.14. The van der Waals surface area contributed by atoms with Gasteiger partial charge in [-0.15, -0.1) is 0 Å². The van der Waals surface area contributed by atoms with E-state index in [4.69, 9.17) is 10.9 Å². The molecule has 0 spiro atoms. The third kappa shape index (κ3) is 3.76. The lowest BCUT2D eigenvalue weighted by Gasteiger charge is -2.15. The molecule has 4 N–H and O–H groups in total. The van der Waals surface area contributed by atoms with Crippen molar-refractivity contribution in [2.75, 3.05) is 0 Å². The van der Waals surface area contributed by atoms with Crippen LogP contribution in [-0.4, -0.2) is 16.0 Å². The summed E-state index contributed by atoms with van der Waals surface area (Å²) >= 11 is 0. The van der Waals surface area contributed by atoms with Gasteiger partial charge in [0.1, 0.15) is 5.82 Å². The molecule has 0 fully saturated rings. The summed E-state index contributed by atoms with van der Waals surface area (Å²) in [7, 11) is 0. The maximum Gasteiger partial charge on any atom is 0.170 e. The topological polar surface area (TPSA) is 83.5 Å². The molecule has 0 aliphatic rings. The molecule has 0 bridgehead atoms. The first kappa shape index (κ1) is 14.9. The Morgan fingerprint density at radius 2 is 2.24 bits per heavy atom. The highest BCUT2D eigenvalue weighted by atomic mass is 19.1. The number of nitrogens with one attached hydrogen (secondary N) is 1. The van der Waals surface area contributed by atoms with E-state index in [1.165, 1.54) is 12.1 Å². The van der Waals surface area contributed by atoms with Crippen molar-refractivity contribution in [3.8, 4) is 0 Å². The molecule has 1 atom stereocenters. The Balaban J connectivity index is 2.13. The van der Waals surface area contributed by atoms with E-state index in [0.29, 0.717) is 12.1 Å². The van der Waals surface area contributed by atoms with Crippen LogP contribution in [0.5, 0.6) is 0 Å². The molecule has 1 heterocycles. The maximum atomic E-state index is 13.3. The van der Waals surface area contributed by atoms with Crippen molar-refractivity contribution in [1.82, 2.24) is 10.3 Å². The summed E-state index contributed by atoms with van der Waals surface area (Å²) in [6.45, 7) is 2.43. The first-order valence-corrected chi connectivity index (χ1v) is 6.52. The number of hydrogen-bond donors (Lipinski definition) is 3. The van der Waals surface area contributed by atoms with Crippen molar-refractivity contribution in [2.45, 2.75) is 19.5 Å². The second-order valence-electron chi connectivity index (χ2n) is 4.64. The molecule has 0 amide bonds. The van der Waals surface area contributed by atoms with Gasteiger partial charge >= 0.3 is 0 Å². The quantitative estimate of drug-likeness (QED) is 0.341. The molecule has 2 rings (SSSR count). The molecule has 0 saturated carbocycles. The van der Waals surface area contributed by atoms with E-state index in [-0.39, 0.29) is 11.9 Å². The summed E-state index contributed by atoms with van der Waals surface area (Å²) in [6, 6.07) is 9.92. The Morgan fingerprint density at radius 1 is 1.43 bits per heavy atom. The fraction of sp³-hybridized carbons (Fsp3) is 0.200. The van der Waals surface area contributed by atoms with Gasteiger partial charge in [0, 0.05) is 24.3 Å². The van der Waals surface area contributed by atoms with Gasteiger partial charge in [-0.05, 0) is 36.8 Å². The zero-order valence-electron chi connectivity index (χ0n) is 11.6. The van der Waals surface area contributed by atoms with Crippen LogP contribution in [0.1, 0.15) is 29.8 Å². The first-order valence-electron chi connectivity index (χ1n) is 6.52. The Labute approximate surface area is 122 Å². The SMILES string of the molecule is C[C@@H](NCc1ccc(F)cc1/C(N)=N/O)c1ccccn1. The number of nitrogens with zero attached hydrogens (tertiary/aromatic N) is 2. The summed E-state index contributed by atoms with van der Waals surface area (Å²) < 4.78 is 13.3. The van der Waals surface area contributed by atoms with E-state index < -0.39 is 5.82 Å². The van der Waals surface area contributed by atoms with Gasteiger partial charge in [0.2, 0.25) is 0 Å². The summed E-state index contributed by atoms with van der Waals surface area (Å²) in [5.74, 6) is -0.546. The minimum Gasteiger partial charge on any atom is -0.409 e. The third-order valence-corrected chi connectivity index (χ3v) is 3.19. The monoisotopic (exact) mass is 288 g/mol. The molecular formula is C15H17FN4O. The summed E-state index contributed by atoms with van der Waals surface area (Å²) in [5, 5.41) is 15.0. The molecule has 0 aliphatic heterocycles. The average Bonchev–Trinajstić information content (AvgIpc) is 2.53. The molecule has 6 heteroatoms. The number of pyridine rings is 1. The Bertz CT molecular complexity index is 631. The average molecular weight is 288 g/mol. The zero-order valence-corrected chi connectivity index (χ0v) is 11.6. The van der Waals surface area contributed by atoms with Crippen molar-refractivity contribution < 1.29 is 9.60 Å². The molecule has 110 valence electrons. The molecule has 0 radical (unpaired) electrons. The van der Waals surface area contributed by atoms with Gasteiger partial charge in [-0.1, -0.05) is 17.3 Å². The standard InChI is InChI=1S/C15H17FN4O/c1-10(14-4-2-3-7-18-14)19-9-11-5-6-12(16)8-13(11)15(17)20-21/h2-8,10,19,21H,9H2,1H3,(H2,17,20)/t10-/m1/s1. The summed E-state index contributed by atoms with van der Waals surface area (Å²) in [4.78, 5) is 4.27. The van der Waals surface area contributed by atoms with Crippen LogP contribution < -0.4 is 11.1 Å². The number of nitrogens with two attached hydrogens (primary N) is 1. The van der Waals surface area contributed by atoms with Crippen molar-refractivity contribution in [3.63, 3.8) is 0 Å². The predicted molar refractivity (Wildman–Crippen MR) is 78.4 cm³/mol. The van der Waals surface area contributed by atoms with Crippen molar-refractivity contribution in [1.29, 1.82) is 0 Å². The van der Waals surface area contributed by atoms with Crippen LogP contribution in [0.4, 0.5) is 4.39 Å². The fourth-order valence-corrected chi connectivity index (χ4v) is 1.99. The van der Waals surface area contributed by atoms with Crippen LogP contribution in [0.15, 0.2) is 47.8 Å². The summed E-state index contributed by atoms with van der Waals surface area (Å²) in [5.41, 5.74) is 7.60. The van der Waals surface area contributed by atoms with Gasteiger partial charge in [0.15, 0.2) is 5.84 Å². The second kappa shape index (κ2) is 6.81. The van der Waals surface area contributed by atoms with Crippen molar-refractivity contribution in [2.24, 2.45) is 10.9 Å². The van der Waals surface area contributed by atoms with Gasteiger partial charge in [-0.25, -0.2) is 4.39 Å². The molecule has 0 saturated heterocycles. The minimum atomic E-state index is -0.432. The predicted octanol–water partition coefficient (Wildman–Crippen LogP) is 2.17. The van der Waals surface area contributed by atoms with Crippen LogP contribution in [0.3, 0.4) is 0 Å². The lowest BCUT2D eigenvalue weighted by Crippen LogP contribution is -2.22. The van der Waals surface area contributed by atoms with E-state index in [1.54, 1.807) is 12.3 Å². The number of oxime groups is 1. The van der Waals surface area contributed by atoms with E-state index >= 15 is 0 Å². The van der Waals surface area contributed by atoms with Crippen LogP contribution in [0, 0.1) is 5.82 Å². The number of benzene rings is 1. The Morgan fingerprint density at radius 3 is 2.90 bits per heavy atom. The number of amidine groups is 1. The smallest absolute Gasteiger partial charge is 0.170 e. The van der Waals surface area contributed by atoms with Gasteiger partial charge in [-0.2, -0.15) is 0 Å². The van der Waals surface area contributed by atoms with E-state index in [2.05, 4.69) is 15.5 Å². The number of rotatable bonds is 5. The maximum absolute atomic E-state index is 13.3. The van der Waals surface area contributed by atoms with Gasteiger partial charge in [0.05, 0.1) is 5.69 Å². The molecular weight excluding hydrogens is 271 g/mol. The number of hydrogen-bond acceptors (Lipinski definition) is 4.